The normalized spacial score (nSPS) is 18.0. The van der Waals surface area contributed by atoms with Gasteiger partial charge in [0.1, 0.15) is 0 Å². The van der Waals surface area contributed by atoms with Crippen LogP contribution in [0, 0.1) is 0 Å². The fraction of sp³-hybridized carbons (Fsp3) is 0.471. The van der Waals surface area contributed by atoms with Gasteiger partial charge < -0.3 is 4.90 Å². The molecule has 3 heterocycles. The highest BCUT2D eigenvalue weighted by Gasteiger charge is 2.25. The van der Waals surface area contributed by atoms with Crippen molar-refractivity contribution < 1.29 is 4.79 Å². The molecule has 4 heteroatoms. The van der Waals surface area contributed by atoms with Crippen molar-refractivity contribution in [2.45, 2.75) is 45.1 Å². The molecule has 0 N–H and O–H groups in total. The lowest BCUT2D eigenvalue weighted by Crippen LogP contribution is -2.34. The zero-order valence-corrected chi connectivity index (χ0v) is 13.7. The average Bonchev–Trinajstić information content (AvgIpc) is 3.08. The van der Waals surface area contributed by atoms with Gasteiger partial charge in [-0.05, 0) is 60.7 Å². The maximum atomic E-state index is 12.8. The Labute approximate surface area is 133 Å². The van der Waals surface area contributed by atoms with Crippen LogP contribution in [-0.2, 0) is 25.8 Å². The van der Waals surface area contributed by atoms with Gasteiger partial charge in [-0.1, -0.05) is 6.42 Å². The minimum absolute atomic E-state index is 0.241. The Bertz CT molecular complexity index is 647. The molecule has 0 bridgehead atoms. The van der Waals surface area contributed by atoms with Crippen molar-refractivity contribution in [3.8, 4) is 0 Å². The van der Waals surface area contributed by atoms with E-state index in [9.17, 15) is 4.79 Å². The Balaban J connectivity index is 1.55. The Morgan fingerprint density at radius 3 is 2.90 bits per heavy atom. The Morgan fingerprint density at radius 2 is 1.95 bits per heavy atom. The van der Waals surface area contributed by atoms with Crippen molar-refractivity contribution in [1.29, 1.82) is 0 Å². The molecule has 0 spiro atoms. The molecule has 2 aliphatic rings. The first-order valence-corrected chi connectivity index (χ1v) is 9.47. The van der Waals surface area contributed by atoms with Crippen LogP contribution in [0.2, 0.25) is 0 Å². The Kier molecular flexibility index (Phi) is 3.59. The van der Waals surface area contributed by atoms with E-state index in [-0.39, 0.29) is 5.91 Å². The summed E-state index contributed by atoms with van der Waals surface area (Å²) >= 11 is 3.57. The van der Waals surface area contributed by atoms with Crippen LogP contribution in [0.25, 0.3) is 0 Å². The van der Waals surface area contributed by atoms with Crippen molar-refractivity contribution in [3.05, 3.63) is 43.3 Å². The summed E-state index contributed by atoms with van der Waals surface area (Å²) in [5.41, 5.74) is 2.78. The zero-order chi connectivity index (χ0) is 14.2. The maximum absolute atomic E-state index is 12.8. The molecule has 1 amide bonds. The number of carbonyl (C=O) groups is 1. The van der Waals surface area contributed by atoms with Gasteiger partial charge in [0.15, 0.2) is 0 Å². The van der Waals surface area contributed by atoms with E-state index >= 15 is 0 Å². The van der Waals surface area contributed by atoms with Crippen LogP contribution < -0.4 is 0 Å². The summed E-state index contributed by atoms with van der Waals surface area (Å²) in [7, 11) is 0. The van der Waals surface area contributed by atoms with Crippen molar-refractivity contribution >= 4 is 28.6 Å². The van der Waals surface area contributed by atoms with Gasteiger partial charge in [0.05, 0.1) is 4.88 Å². The quantitative estimate of drug-likeness (QED) is 0.719. The molecule has 2 aromatic rings. The van der Waals surface area contributed by atoms with Gasteiger partial charge in [0.25, 0.3) is 5.91 Å². The molecule has 0 radical (unpaired) electrons. The largest absolute Gasteiger partial charge is 0.333 e. The minimum atomic E-state index is 0.241. The number of nitrogens with zero attached hydrogens (tertiary/aromatic N) is 1. The number of thiophene rings is 2. The summed E-state index contributed by atoms with van der Waals surface area (Å²) < 4.78 is 0. The molecule has 21 heavy (non-hydrogen) atoms. The van der Waals surface area contributed by atoms with Crippen LogP contribution in [0.5, 0.6) is 0 Å². The van der Waals surface area contributed by atoms with E-state index in [0.29, 0.717) is 0 Å². The lowest BCUT2D eigenvalue weighted by molar-refractivity contribution is 0.0740. The second-order valence-corrected chi connectivity index (χ2v) is 8.10. The summed E-state index contributed by atoms with van der Waals surface area (Å²) in [6, 6.07) is 4.35. The standard InChI is InChI=1S/C17H19NOS2/c19-17(18-8-6-14-13(11-18)7-9-20-14)16-10-12-4-2-1-3-5-15(12)21-16/h7,9-10H,1-6,8,11H2. The number of hydrogen-bond acceptors (Lipinski definition) is 3. The summed E-state index contributed by atoms with van der Waals surface area (Å²) in [6.45, 7) is 1.66. The van der Waals surface area contributed by atoms with Crippen molar-refractivity contribution in [3.63, 3.8) is 0 Å². The van der Waals surface area contributed by atoms with Gasteiger partial charge in [0, 0.05) is 22.8 Å². The molecule has 0 saturated heterocycles. The molecule has 0 fully saturated rings. The van der Waals surface area contributed by atoms with E-state index in [4.69, 9.17) is 0 Å². The fourth-order valence-corrected chi connectivity index (χ4v) is 5.46. The summed E-state index contributed by atoms with van der Waals surface area (Å²) in [5.74, 6) is 0.241. The van der Waals surface area contributed by atoms with E-state index in [1.807, 2.05) is 16.2 Å². The summed E-state index contributed by atoms with van der Waals surface area (Å²) in [5, 5.41) is 2.14. The second kappa shape index (κ2) is 5.58. The first-order valence-electron chi connectivity index (χ1n) is 7.77. The maximum Gasteiger partial charge on any atom is 0.264 e. The van der Waals surface area contributed by atoms with Crippen molar-refractivity contribution in [1.82, 2.24) is 4.90 Å². The molecule has 0 aromatic carbocycles. The zero-order valence-electron chi connectivity index (χ0n) is 12.1. The fourth-order valence-electron chi connectivity index (χ4n) is 3.35. The molecule has 0 saturated carbocycles. The lowest BCUT2D eigenvalue weighted by atomic mass is 10.1. The third-order valence-corrected chi connectivity index (χ3v) is 6.80. The first kappa shape index (κ1) is 13.5. The number of fused-ring (bicyclic) bond motifs is 2. The van der Waals surface area contributed by atoms with Gasteiger partial charge in [0.2, 0.25) is 0 Å². The first-order chi connectivity index (χ1) is 10.3. The number of carbonyl (C=O) groups excluding carboxylic acids is 1. The van der Waals surface area contributed by atoms with Gasteiger partial charge in [-0.15, -0.1) is 22.7 Å². The van der Waals surface area contributed by atoms with Gasteiger partial charge in [-0.3, -0.25) is 4.79 Å². The summed E-state index contributed by atoms with van der Waals surface area (Å²) in [4.78, 5) is 18.7. The molecule has 0 unspecified atom stereocenters. The highest BCUT2D eigenvalue weighted by Crippen LogP contribution is 2.31. The van der Waals surface area contributed by atoms with Crippen LogP contribution in [0.4, 0.5) is 0 Å². The van der Waals surface area contributed by atoms with E-state index in [1.165, 1.54) is 46.6 Å². The monoisotopic (exact) mass is 317 g/mol. The molecule has 4 rings (SSSR count). The van der Waals surface area contributed by atoms with Crippen molar-refractivity contribution in [2.75, 3.05) is 6.54 Å². The van der Waals surface area contributed by atoms with E-state index < -0.39 is 0 Å². The average molecular weight is 317 g/mol. The van der Waals surface area contributed by atoms with E-state index in [0.717, 1.165) is 30.8 Å². The SMILES string of the molecule is O=C(c1cc2c(s1)CCCCC2)N1CCc2sccc2C1. The highest BCUT2D eigenvalue weighted by atomic mass is 32.1. The van der Waals surface area contributed by atoms with Crippen LogP contribution in [0.1, 0.15) is 49.8 Å². The smallest absolute Gasteiger partial charge is 0.264 e. The predicted molar refractivity (Wildman–Crippen MR) is 88.3 cm³/mol. The van der Waals surface area contributed by atoms with Crippen LogP contribution >= 0.6 is 22.7 Å². The molecule has 1 aliphatic heterocycles. The van der Waals surface area contributed by atoms with Crippen LogP contribution in [-0.4, -0.2) is 17.4 Å². The Hall–Kier alpha value is -1.13. The van der Waals surface area contributed by atoms with Crippen LogP contribution in [0.15, 0.2) is 17.5 Å². The van der Waals surface area contributed by atoms with Crippen molar-refractivity contribution in [2.24, 2.45) is 0 Å². The molecule has 0 atom stereocenters. The predicted octanol–water partition coefficient (Wildman–Crippen LogP) is 4.28. The molecule has 2 aromatic heterocycles. The molecule has 110 valence electrons. The molecule has 1 aliphatic carbocycles. The Morgan fingerprint density at radius 1 is 1.05 bits per heavy atom. The van der Waals surface area contributed by atoms with Crippen LogP contribution in [0.3, 0.4) is 0 Å². The van der Waals surface area contributed by atoms with E-state index in [1.54, 1.807) is 11.3 Å². The van der Waals surface area contributed by atoms with Gasteiger partial charge in [-0.25, -0.2) is 0 Å². The number of amides is 1. The number of hydrogen-bond donors (Lipinski definition) is 0. The minimum Gasteiger partial charge on any atom is -0.333 e. The third-order valence-electron chi connectivity index (χ3n) is 4.55. The second-order valence-electron chi connectivity index (χ2n) is 5.97. The lowest BCUT2D eigenvalue weighted by Gasteiger charge is -2.26. The molecular weight excluding hydrogens is 298 g/mol. The third kappa shape index (κ3) is 2.55. The van der Waals surface area contributed by atoms with E-state index in [2.05, 4.69) is 17.5 Å². The molecule has 2 nitrogen and oxygen atoms in total. The number of aryl methyl sites for hydroxylation is 2. The molecular formula is C17H19NOS2. The van der Waals surface area contributed by atoms with Gasteiger partial charge in [-0.2, -0.15) is 0 Å². The number of rotatable bonds is 1. The van der Waals surface area contributed by atoms with Gasteiger partial charge >= 0.3 is 0 Å². The topological polar surface area (TPSA) is 20.3 Å². The highest BCUT2D eigenvalue weighted by molar-refractivity contribution is 7.14. The summed E-state index contributed by atoms with van der Waals surface area (Å²) in [6.07, 6.45) is 7.24.